The van der Waals surface area contributed by atoms with Crippen LogP contribution in [-0.4, -0.2) is 22.9 Å². The van der Waals surface area contributed by atoms with E-state index in [1.165, 1.54) is 5.56 Å². The van der Waals surface area contributed by atoms with Crippen molar-refractivity contribution in [3.8, 4) is 0 Å². The van der Waals surface area contributed by atoms with E-state index in [9.17, 15) is 4.79 Å². The third kappa shape index (κ3) is 4.33. The van der Waals surface area contributed by atoms with Crippen molar-refractivity contribution >= 4 is 5.91 Å². The summed E-state index contributed by atoms with van der Waals surface area (Å²) in [6.45, 7) is 15.1. The maximum Gasteiger partial charge on any atom is 0.254 e. The molecule has 0 radical (unpaired) electrons. The van der Waals surface area contributed by atoms with Crippen molar-refractivity contribution in [2.45, 2.75) is 78.8 Å². The molecule has 0 saturated carbocycles. The normalized spacial score (nSPS) is 14.6. The predicted octanol–water partition coefficient (Wildman–Crippen LogP) is 5.02. The average Bonchev–Trinajstić information content (AvgIpc) is 2.46. The molecule has 0 saturated heterocycles. The lowest BCUT2D eigenvalue weighted by atomic mass is 9.86. The van der Waals surface area contributed by atoms with Gasteiger partial charge in [-0.25, -0.2) is 0 Å². The zero-order chi connectivity index (χ0) is 16.2. The van der Waals surface area contributed by atoms with Crippen LogP contribution in [0.4, 0.5) is 0 Å². The number of carbonyl (C=O) groups is 1. The molecule has 0 spiro atoms. The van der Waals surface area contributed by atoms with Crippen LogP contribution >= 0.6 is 0 Å². The van der Waals surface area contributed by atoms with Gasteiger partial charge in [0.1, 0.15) is 0 Å². The van der Waals surface area contributed by atoms with Gasteiger partial charge >= 0.3 is 0 Å². The summed E-state index contributed by atoms with van der Waals surface area (Å²) in [6, 6.07) is 8.66. The van der Waals surface area contributed by atoms with Crippen LogP contribution in [0.5, 0.6) is 0 Å². The average molecular weight is 289 g/mol. The van der Waals surface area contributed by atoms with Crippen LogP contribution in [0.1, 0.15) is 77.2 Å². The summed E-state index contributed by atoms with van der Waals surface area (Å²) in [6.07, 6.45) is 1.96. The Labute approximate surface area is 130 Å². The molecule has 0 heterocycles. The fourth-order valence-electron chi connectivity index (χ4n) is 2.49. The SMILES string of the molecule is CCC(C)N(C(=O)c1ccc(C(C)(C)C)cc1)C(C)CC. The lowest BCUT2D eigenvalue weighted by molar-refractivity contribution is 0.0598. The van der Waals surface area contributed by atoms with Crippen molar-refractivity contribution in [1.82, 2.24) is 4.90 Å². The fourth-order valence-corrected chi connectivity index (χ4v) is 2.49. The van der Waals surface area contributed by atoms with Gasteiger partial charge in [0.05, 0.1) is 0 Å². The fraction of sp³-hybridized carbons (Fsp3) is 0.632. The van der Waals surface area contributed by atoms with E-state index < -0.39 is 0 Å². The van der Waals surface area contributed by atoms with E-state index >= 15 is 0 Å². The summed E-state index contributed by atoms with van der Waals surface area (Å²) in [5.41, 5.74) is 2.18. The first-order chi connectivity index (χ1) is 9.72. The summed E-state index contributed by atoms with van der Waals surface area (Å²) in [7, 11) is 0. The first kappa shape index (κ1) is 17.7. The molecule has 0 bridgehead atoms. The van der Waals surface area contributed by atoms with Crippen molar-refractivity contribution in [3.05, 3.63) is 35.4 Å². The highest BCUT2D eigenvalue weighted by molar-refractivity contribution is 5.94. The minimum absolute atomic E-state index is 0.120. The van der Waals surface area contributed by atoms with Crippen molar-refractivity contribution in [2.75, 3.05) is 0 Å². The zero-order valence-corrected chi connectivity index (χ0v) is 14.7. The number of nitrogens with zero attached hydrogens (tertiary/aromatic N) is 1. The molecule has 0 fully saturated rings. The quantitative estimate of drug-likeness (QED) is 0.745. The van der Waals surface area contributed by atoms with Gasteiger partial charge in [0, 0.05) is 17.6 Å². The minimum Gasteiger partial charge on any atom is -0.333 e. The highest BCUT2D eigenvalue weighted by Gasteiger charge is 2.25. The Kier molecular flexibility index (Phi) is 6.00. The van der Waals surface area contributed by atoms with Crippen LogP contribution in [0.25, 0.3) is 0 Å². The van der Waals surface area contributed by atoms with Crippen LogP contribution in [0.2, 0.25) is 0 Å². The molecule has 0 aromatic heterocycles. The first-order valence-electron chi connectivity index (χ1n) is 8.15. The Bertz CT molecular complexity index is 445. The second-order valence-corrected chi connectivity index (χ2v) is 7.05. The van der Waals surface area contributed by atoms with Gasteiger partial charge in [-0.2, -0.15) is 0 Å². The Morgan fingerprint density at radius 3 is 1.76 bits per heavy atom. The highest BCUT2D eigenvalue weighted by Crippen LogP contribution is 2.23. The molecule has 0 N–H and O–H groups in total. The van der Waals surface area contributed by atoms with Crippen molar-refractivity contribution in [2.24, 2.45) is 0 Å². The molecule has 2 unspecified atom stereocenters. The van der Waals surface area contributed by atoms with Crippen LogP contribution in [0, 0.1) is 0 Å². The Balaban J connectivity index is 3.04. The summed E-state index contributed by atoms with van der Waals surface area (Å²) < 4.78 is 0. The Morgan fingerprint density at radius 1 is 1.00 bits per heavy atom. The number of carbonyl (C=O) groups excluding carboxylic acids is 1. The van der Waals surface area contributed by atoms with Gasteiger partial charge in [-0.15, -0.1) is 0 Å². The van der Waals surface area contributed by atoms with E-state index in [2.05, 4.69) is 60.6 Å². The second-order valence-electron chi connectivity index (χ2n) is 7.05. The van der Waals surface area contributed by atoms with Crippen LogP contribution in [0.3, 0.4) is 0 Å². The molecule has 0 aliphatic carbocycles. The molecular weight excluding hydrogens is 258 g/mol. The standard InChI is InChI=1S/C19H31NO/c1-8-14(3)20(15(4)9-2)18(21)16-10-12-17(13-11-16)19(5,6)7/h10-15H,8-9H2,1-7H3. The first-order valence-corrected chi connectivity index (χ1v) is 8.15. The lowest BCUT2D eigenvalue weighted by Crippen LogP contribution is -2.44. The Hall–Kier alpha value is -1.31. The van der Waals surface area contributed by atoms with Gasteiger partial charge in [0.15, 0.2) is 0 Å². The third-order valence-electron chi connectivity index (χ3n) is 4.36. The van der Waals surface area contributed by atoms with Gasteiger partial charge < -0.3 is 4.90 Å². The van der Waals surface area contributed by atoms with E-state index in [0.717, 1.165) is 18.4 Å². The monoisotopic (exact) mass is 289 g/mol. The molecule has 1 aromatic carbocycles. The van der Waals surface area contributed by atoms with E-state index in [-0.39, 0.29) is 23.4 Å². The molecule has 1 amide bonds. The van der Waals surface area contributed by atoms with Crippen molar-refractivity contribution in [1.29, 1.82) is 0 Å². The van der Waals surface area contributed by atoms with Gasteiger partial charge in [0.25, 0.3) is 5.91 Å². The number of rotatable bonds is 5. The molecular formula is C19H31NO. The Morgan fingerprint density at radius 2 is 1.43 bits per heavy atom. The maximum absolute atomic E-state index is 12.8. The van der Waals surface area contributed by atoms with Crippen molar-refractivity contribution in [3.63, 3.8) is 0 Å². The summed E-state index contributed by atoms with van der Waals surface area (Å²) in [5, 5.41) is 0. The molecule has 118 valence electrons. The molecule has 0 aliphatic heterocycles. The van der Waals surface area contributed by atoms with Gasteiger partial charge in [-0.3, -0.25) is 4.79 Å². The molecule has 1 aromatic rings. The van der Waals surface area contributed by atoms with Crippen LogP contribution < -0.4 is 0 Å². The predicted molar refractivity (Wildman–Crippen MR) is 90.8 cm³/mol. The maximum atomic E-state index is 12.8. The van der Waals surface area contributed by atoms with E-state index in [1.54, 1.807) is 0 Å². The minimum atomic E-state index is 0.120. The third-order valence-corrected chi connectivity index (χ3v) is 4.36. The molecule has 21 heavy (non-hydrogen) atoms. The molecule has 1 rings (SSSR count). The molecule has 2 atom stereocenters. The van der Waals surface area contributed by atoms with E-state index in [1.807, 2.05) is 17.0 Å². The molecule has 2 nitrogen and oxygen atoms in total. The highest BCUT2D eigenvalue weighted by atomic mass is 16.2. The second kappa shape index (κ2) is 7.11. The molecule has 0 aliphatic rings. The smallest absolute Gasteiger partial charge is 0.254 e. The summed E-state index contributed by atoms with van der Waals surface area (Å²) in [4.78, 5) is 14.9. The van der Waals surface area contributed by atoms with Gasteiger partial charge in [-0.05, 0) is 49.8 Å². The number of amides is 1. The number of hydrogen-bond acceptors (Lipinski definition) is 1. The topological polar surface area (TPSA) is 20.3 Å². The van der Waals surface area contributed by atoms with E-state index in [0.29, 0.717) is 0 Å². The summed E-state index contributed by atoms with van der Waals surface area (Å²) >= 11 is 0. The summed E-state index contributed by atoms with van der Waals surface area (Å²) in [5.74, 6) is 0.152. The lowest BCUT2D eigenvalue weighted by Gasteiger charge is -2.34. The number of hydrogen-bond donors (Lipinski definition) is 0. The van der Waals surface area contributed by atoms with Gasteiger partial charge in [0.2, 0.25) is 0 Å². The largest absolute Gasteiger partial charge is 0.333 e. The van der Waals surface area contributed by atoms with Crippen molar-refractivity contribution < 1.29 is 4.79 Å². The van der Waals surface area contributed by atoms with Crippen LogP contribution in [-0.2, 0) is 5.41 Å². The van der Waals surface area contributed by atoms with Gasteiger partial charge in [-0.1, -0.05) is 46.8 Å². The number of benzene rings is 1. The van der Waals surface area contributed by atoms with E-state index in [4.69, 9.17) is 0 Å². The zero-order valence-electron chi connectivity index (χ0n) is 14.7. The van der Waals surface area contributed by atoms with Crippen LogP contribution in [0.15, 0.2) is 24.3 Å². The molecule has 2 heteroatoms.